The van der Waals surface area contributed by atoms with Crippen LogP contribution in [0.5, 0.6) is 0 Å². The molecule has 1 aliphatic heterocycles. The third-order valence-corrected chi connectivity index (χ3v) is 2.52. The first kappa shape index (κ1) is 13.4. The lowest BCUT2D eigenvalue weighted by molar-refractivity contribution is -0.136. The highest BCUT2D eigenvalue weighted by molar-refractivity contribution is 5.82. The van der Waals surface area contributed by atoms with Crippen molar-refractivity contribution in [3.8, 4) is 12.1 Å². The minimum atomic E-state index is -0.346. The molecule has 92 valence electrons. The SMILES string of the molecule is N#CCCN(CCC#N)C(=O)C1COCCN1. The first-order valence-corrected chi connectivity index (χ1v) is 5.63. The summed E-state index contributed by atoms with van der Waals surface area (Å²) in [5.74, 6) is -0.0878. The van der Waals surface area contributed by atoms with Crippen molar-refractivity contribution < 1.29 is 9.53 Å². The number of ether oxygens (including phenoxy) is 1. The number of carbonyl (C=O) groups excluding carboxylic acids is 1. The van der Waals surface area contributed by atoms with Gasteiger partial charge in [0, 0.05) is 19.6 Å². The van der Waals surface area contributed by atoms with Crippen LogP contribution in [0.2, 0.25) is 0 Å². The maximum absolute atomic E-state index is 12.1. The second kappa shape index (κ2) is 7.61. The van der Waals surface area contributed by atoms with E-state index in [0.717, 1.165) is 0 Å². The molecule has 1 saturated heterocycles. The van der Waals surface area contributed by atoms with E-state index in [1.54, 1.807) is 4.90 Å². The second-order valence-corrected chi connectivity index (χ2v) is 3.72. The Balaban J connectivity index is 2.51. The van der Waals surface area contributed by atoms with Crippen LogP contribution in [0.3, 0.4) is 0 Å². The summed E-state index contributed by atoms with van der Waals surface area (Å²) in [5.41, 5.74) is 0. The number of hydrogen-bond acceptors (Lipinski definition) is 5. The van der Waals surface area contributed by atoms with Gasteiger partial charge in [0.15, 0.2) is 0 Å². The van der Waals surface area contributed by atoms with Gasteiger partial charge in [-0.25, -0.2) is 0 Å². The molecule has 0 bridgehead atoms. The van der Waals surface area contributed by atoms with Gasteiger partial charge < -0.3 is 15.0 Å². The number of hydrogen-bond donors (Lipinski definition) is 1. The highest BCUT2D eigenvalue weighted by Gasteiger charge is 2.25. The van der Waals surface area contributed by atoms with Crippen LogP contribution in [0, 0.1) is 22.7 Å². The highest BCUT2D eigenvalue weighted by atomic mass is 16.5. The van der Waals surface area contributed by atoms with E-state index < -0.39 is 0 Å². The van der Waals surface area contributed by atoms with Crippen LogP contribution >= 0.6 is 0 Å². The van der Waals surface area contributed by atoms with Crippen LogP contribution in [-0.2, 0) is 9.53 Å². The average Bonchev–Trinajstić information content (AvgIpc) is 2.39. The Hall–Kier alpha value is -1.63. The highest BCUT2D eigenvalue weighted by Crippen LogP contribution is 2.02. The van der Waals surface area contributed by atoms with Crippen LogP contribution in [0.15, 0.2) is 0 Å². The van der Waals surface area contributed by atoms with Crippen molar-refractivity contribution in [2.24, 2.45) is 0 Å². The Morgan fingerprint density at radius 2 is 2.00 bits per heavy atom. The molecule has 1 rings (SSSR count). The van der Waals surface area contributed by atoms with Crippen molar-refractivity contribution in [2.75, 3.05) is 32.8 Å². The molecule has 0 aromatic heterocycles. The molecular formula is C11H16N4O2. The molecule has 0 radical (unpaired) electrons. The zero-order valence-corrected chi connectivity index (χ0v) is 9.69. The lowest BCUT2D eigenvalue weighted by atomic mass is 10.2. The molecule has 6 heteroatoms. The minimum Gasteiger partial charge on any atom is -0.378 e. The van der Waals surface area contributed by atoms with Crippen LogP contribution in [-0.4, -0.2) is 49.7 Å². The molecule has 0 aromatic carbocycles. The Kier molecular flexibility index (Phi) is 6.02. The van der Waals surface area contributed by atoms with Crippen molar-refractivity contribution in [1.29, 1.82) is 10.5 Å². The van der Waals surface area contributed by atoms with Gasteiger partial charge in [0.1, 0.15) is 6.04 Å². The van der Waals surface area contributed by atoms with Crippen LogP contribution in [0.25, 0.3) is 0 Å². The number of amides is 1. The Labute approximate surface area is 101 Å². The lowest BCUT2D eigenvalue weighted by Gasteiger charge is -2.29. The first-order chi connectivity index (χ1) is 8.29. The largest absolute Gasteiger partial charge is 0.378 e. The molecule has 0 aromatic rings. The van der Waals surface area contributed by atoms with Gasteiger partial charge in [-0.2, -0.15) is 10.5 Å². The van der Waals surface area contributed by atoms with Crippen LogP contribution in [0.1, 0.15) is 12.8 Å². The molecule has 1 atom stereocenters. The van der Waals surface area contributed by atoms with E-state index in [1.165, 1.54) is 0 Å². The topological polar surface area (TPSA) is 89.2 Å². The number of nitrogens with one attached hydrogen (secondary N) is 1. The average molecular weight is 236 g/mol. The van der Waals surface area contributed by atoms with Gasteiger partial charge in [-0.15, -0.1) is 0 Å². The number of rotatable bonds is 5. The molecular weight excluding hydrogens is 220 g/mol. The van der Waals surface area contributed by atoms with E-state index in [1.807, 2.05) is 12.1 Å². The van der Waals surface area contributed by atoms with E-state index in [0.29, 0.717) is 32.8 Å². The molecule has 1 heterocycles. The predicted molar refractivity (Wildman–Crippen MR) is 59.6 cm³/mol. The zero-order valence-electron chi connectivity index (χ0n) is 9.69. The maximum atomic E-state index is 12.1. The summed E-state index contributed by atoms with van der Waals surface area (Å²) in [6, 6.07) is 3.66. The van der Waals surface area contributed by atoms with E-state index in [2.05, 4.69) is 5.32 Å². The third kappa shape index (κ3) is 4.39. The quantitative estimate of drug-likeness (QED) is 0.703. The first-order valence-electron chi connectivity index (χ1n) is 5.63. The van der Waals surface area contributed by atoms with E-state index >= 15 is 0 Å². The molecule has 0 aliphatic carbocycles. The molecule has 0 spiro atoms. The number of carbonyl (C=O) groups is 1. The summed E-state index contributed by atoms with van der Waals surface area (Å²) in [6.45, 7) is 2.36. The summed E-state index contributed by atoms with van der Waals surface area (Å²) in [7, 11) is 0. The molecule has 17 heavy (non-hydrogen) atoms. The number of nitrogens with zero attached hydrogens (tertiary/aromatic N) is 3. The summed E-state index contributed by atoms with van der Waals surface area (Å²) < 4.78 is 5.22. The summed E-state index contributed by atoms with van der Waals surface area (Å²) in [5, 5.41) is 20.1. The molecule has 1 N–H and O–H groups in total. The summed E-state index contributed by atoms with van der Waals surface area (Å²) in [4.78, 5) is 13.6. The molecule has 6 nitrogen and oxygen atoms in total. The molecule has 1 aliphatic rings. The molecule has 0 saturated carbocycles. The Bertz CT molecular complexity index is 307. The van der Waals surface area contributed by atoms with Gasteiger partial charge in [0.2, 0.25) is 5.91 Å². The van der Waals surface area contributed by atoms with Crippen molar-refractivity contribution in [1.82, 2.24) is 10.2 Å². The standard InChI is InChI=1S/C11H16N4O2/c12-3-1-6-15(7-2-4-13)11(16)10-9-17-8-5-14-10/h10,14H,1-2,5-9H2. The van der Waals surface area contributed by atoms with Gasteiger partial charge in [-0.05, 0) is 0 Å². The van der Waals surface area contributed by atoms with Crippen LogP contribution in [0.4, 0.5) is 0 Å². The lowest BCUT2D eigenvalue weighted by Crippen LogP contribution is -2.52. The number of nitriles is 2. The zero-order chi connectivity index (χ0) is 12.5. The summed E-state index contributed by atoms with van der Waals surface area (Å²) in [6.07, 6.45) is 0.565. The normalized spacial score (nSPS) is 19.1. The van der Waals surface area contributed by atoms with Crippen molar-refractivity contribution in [3.63, 3.8) is 0 Å². The second-order valence-electron chi connectivity index (χ2n) is 3.72. The third-order valence-electron chi connectivity index (χ3n) is 2.52. The van der Waals surface area contributed by atoms with Crippen LogP contribution < -0.4 is 5.32 Å². The number of morpholine rings is 1. The molecule has 1 amide bonds. The smallest absolute Gasteiger partial charge is 0.242 e. The van der Waals surface area contributed by atoms with Crippen molar-refractivity contribution in [2.45, 2.75) is 18.9 Å². The fourth-order valence-electron chi connectivity index (χ4n) is 1.65. The van der Waals surface area contributed by atoms with Gasteiger partial charge in [0.25, 0.3) is 0 Å². The fourth-order valence-corrected chi connectivity index (χ4v) is 1.65. The van der Waals surface area contributed by atoms with Gasteiger partial charge in [-0.3, -0.25) is 4.79 Å². The maximum Gasteiger partial charge on any atom is 0.242 e. The van der Waals surface area contributed by atoms with Crippen molar-refractivity contribution >= 4 is 5.91 Å². The molecule has 1 unspecified atom stereocenters. The van der Waals surface area contributed by atoms with Crippen molar-refractivity contribution in [3.05, 3.63) is 0 Å². The summed E-state index contributed by atoms with van der Waals surface area (Å²) >= 11 is 0. The minimum absolute atomic E-state index is 0.0878. The fraction of sp³-hybridized carbons (Fsp3) is 0.727. The monoisotopic (exact) mass is 236 g/mol. The Morgan fingerprint density at radius 3 is 2.47 bits per heavy atom. The molecule has 1 fully saturated rings. The predicted octanol–water partition coefficient (Wildman–Crippen LogP) is -0.369. The van der Waals surface area contributed by atoms with Gasteiger partial charge >= 0.3 is 0 Å². The Morgan fingerprint density at radius 1 is 1.35 bits per heavy atom. The van der Waals surface area contributed by atoms with E-state index in [9.17, 15) is 4.79 Å². The van der Waals surface area contributed by atoms with E-state index in [4.69, 9.17) is 15.3 Å². The van der Waals surface area contributed by atoms with Gasteiger partial charge in [0.05, 0.1) is 38.2 Å². The van der Waals surface area contributed by atoms with Gasteiger partial charge in [-0.1, -0.05) is 0 Å². The van der Waals surface area contributed by atoms with E-state index in [-0.39, 0.29) is 24.8 Å².